The first-order chi connectivity index (χ1) is 5.01. The van der Waals surface area contributed by atoms with Gasteiger partial charge in [0.1, 0.15) is 5.84 Å². The van der Waals surface area contributed by atoms with Crippen molar-refractivity contribution in [3.05, 3.63) is 0 Å². The average molecular weight is 176 g/mol. The lowest BCUT2D eigenvalue weighted by Gasteiger charge is -2.17. The van der Waals surface area contributed by atoms with Crippen LogP contribution in [0, 0.1) is 5.92 Å². The van der Waals surface area contributed by atoms with Crippen molar-refractivity contribution in [1.29, 1.82) is 0 Å². The smallest absolute Gasteiger partial charge is 0.235 e. The lowest BCUT2D eigenvalue weighted by Crippen LogP contribution is -2.40. The van der Waals surface area contributed by atoms with Gasteiger partial charge in [-0.25, -0.2) is 8.42 Å². The van der Waals surface area contributed by atoms with Crippen LogP contribution in [0.4, 0.5) is 0 Å². The zero-order valence-electron chi connectivity index (χ0n) is 6.66. The Bertz CT molecular complexity index is 266. The van der Waals surface area contributed by atoms with E-state index in [1.165, 1.54) is 0 Å². The highest BCUT2D eigenvalue weighted by molar-refractivity contribution is 7.90. The molecule has 0 fully saturated rings. The van der Waals surface area contributed by atoms with Crippen LogP contribution in [0.3, 0.4) is 0 Å². The molecule has 1 N–H and O–H groups in total. The van der Waals surface area contributed by atoms with Crippen LogP contribution in [-0.4, -0.2) is 26.6 Å². The molecule has 0 bridgehead atoms. The molecule has 0 saturated carbocycles. The zero-order chi connectivity index (χ0) is 8.48. The fourth-order valence-electron chi connectivity index (χ4n) is 0.829. The van der Waals surface area contributed by atoms with Gasteiger partial charge in [0.05, 0.1) is 12.3 Å². The Balaban J connectivity index is 2.79. The number of sulfonamides is 1. The van der Waals surface area contributed by atoms with Gasteiger partial charge in [-0.15, -0.1) is 0 Å². The summed E-state index contributed by atoms with van der Waals surface area (Å²) in [5.41, 5.74) is 0. The SMILES string of the molecule is CC(C)C1=NCCS(=O)(=O)N1. The molecule has 11 heavy (non-hydrogen) atoms. The Morgan fingerprint density at radius 2 is 2.18 bits per heavy atom. The lowest BCUT2D eigenvalue weighted by atomic mass is 10.2. The number of hydrogen-bond acceptors (Lipinski definition) is 3. The number of hydrogen-bond donors (Lipinski definition) is 1. The minimum atomic E-state index is -3.06. The summed E-state index contributed by atoms with van der Waals surface area (Å²) in [5.74, 6) is 0.852. The van der Waals surface area contributed by atoms with Crippen LogP contribution >= 0.6 is 0 Å². The molecule has 0 aromatic carbocycles. The van der Waals surface area contributed by atoms with Gasteiger partial charge < -0.3 is 0 Å². The highest BCUT2D eigenvalue weighted by Crippen LogP contribution is 2.01. The van der Waals surface area contributed by atoms with Crippen LogP contribution in [-0.2, 0) is 10.0 Å². The van der Waals surface area contributed by atoms with E-state index in [1.807, 2.05) is 13.8 Å². The van der Waals surface area contributed by atoms with Crippen molar-refractivity contribution in [2.24, 2.45) is 10.9 Å². The maximum absolute atomic E-state index is 11.0. The average Bonchev–Trinajstić information content (AvgIpc) is 1.85. The third-order valence-electron chi connectivity index (χ3n) is 1.45. The molecule has 1 aliphatic rings. The molecular formula is C6H12N2O2S. The minimum absolute atomic E-state index is 0.114. The Labute approximate surface area is 66.8 Å². The first-order valence-electron chi connectivity index (χ1n) is 3.56. The first kappa shape index (κ1) is 8.52. The Kier molecular flexibility index (Phi) is 2.17. The van der Waals surface area contributed by atoms with E-state index in [2.05, 4.69) is 9.71 Å². The quantitative estimate of drug-likeness (QED) is 0.610. The molecular weight excluding hydrogens is 164 g/mol. The molecule has 0 unspecified atom stereocenters. The molecule has 1 rings (SSSR count). The Morgan fingerprint density at radius 3 is 2.55 bits per heavy atom. The number of nitrogens with one attached hydrogen (secondary N) is 1. The van der Waals surface area contributed by atoms with Crippen molar-refractivity contribution in [3.8, 4) is 0 Å². The normalized spacial score (nSPS) is 22.6. The Morgan fingerprint density at radius 1 is 1.55 bits per heavy atom. The van der Waals surface area contributed by atoms with Crippen LogP contribution in [0.15, 0.2) is 4.99 Å². The van der Waals surface area contributed by atoms with Crippen molar-refractivity contribution in [2.45, 2.75) is 13.8 Å². The highest BCUT2D eigenvalue weighted by atomic mass is 32.2. The number of nitrogens with zero attached hydrogens (tertiary/aromatic N) is 1. The summed E-state index contributed by atoms with van der Waals surface area (Å²) in [4.78, 5) is 4.05. The molecule has 0 atom stereocenters. The Hall–Kier alpha value is -0.580. The molecule has 0 aromatic rings. The molecule has 4 nitrogen and oxygen atoms in total. The molecule has 0 amide bonds. The van der Waals surface area contributed by atoms with E-state index in [-0.39, 0.29) is 11.7 Å². The third-order valence-corrected chi connectivity index (χ3v) is 2.69. The standard InChI is InChI=1S/C6H12N2O2S/c1-5(2)6-7-3-4-11(9,10)8-6/h5H,3-4H2,1-2H3,(H,7,8). The van der Waals surface area contributed by atoms with Crippen LogP contribution in [0.25, 0.3) is 0 Å². The van der Waals surface area contributed by atoms with E-state index in [0.717, 1.165) is 0 Å². The van der Waals surface area contributed by atoms with Crippen LogP contribution < -0.4 is 4.72 Å². The van der Waals surface area contributed by atoms with E-state index in [9.17, 15) is 8.42 Å². The summed E-state index contributed by atoms with van der Waals surface area (Å²) in [6, 6.07) is 0. The number of amidine groups is 1. The van der Waals surface area contributed by atoms with Gasteiger partial charge in [-0.3, -0.25) is 9.71 Å². The van der Waals surface area contributed by atoms with E-state index in [1.54, 1.807) is 0 Å². The molecule has 0 radical (unpaired) electrons. The van der Waals surface area contributed by atoms with Crippen molar-refractivity contribution >= 4 is 15.9 Å². The maximum atomic E-state index is 11.0. The van der Waals surface area contributed by atoms with Crippen molar-refractivity contribution < 1.29 is 8.42 Å². The molecule has 1 heterocycles. The van der Waals surface area contributed by atoms with E-state index in [0.29, 0.717) is 12.4 Å². The number of rotatable bonds is 1. The molecule has 1 aliphatic heterocycles. The molecule has 5 heteroatoms. The zero-order valence-corrected chi connectivity index (χ0v) is 7.48. The predicted molar refractivity (Wildman–Crippen MR) is 44.1 cm³/mol. The molecule has 0 aliphatic carbocycles. The fourth-order valence-corrected chi connectivity index (χ4v) is 1.88. The monoisotopic (exact) mass is 176 g/mol. The van der Waals surface area contributed by atoms with Crippen LogP contribution in [0.2, 0.25) is 0 Å². The predicted octanol–water partition coefficient (Wildman–Crippen LogP) is -0.0261. The van der Waals surface area contributed by atoms with Gasteiger partial charge in [0, 0.05) is 5.92 Å². The maximum Gasteiger partial charge on any atom is 0.235 e. The van der Waals surface area contributed by atoms with Gasteiger partial charge >= 0.3 is 0 Å². The molecule has 0 aromatic heterocycles. The van der Waals surface area contributed by atoms with Gasteiger partial charge in [-0.2, -0.15) is 0 Å². The summed E-state index contributed by atoms with van der Waals surface area (Å²) in [6.07, 6.45) is 0. The van der Waals surface area contributed by atoms with Gasteiger partial charge in [0.25, 0.3) is 0 Å². The van der Waals surface area contributed by atoms with Crippen molar-refractivity contribution in [3.63, 3.8) is 0 Å². The summed E-state index contributed by atoms with van der Waals surface area (Å²) < 4.78 is 24.4. The molecule has 0 spiro atoms. The van der Waals surface area contributed by atoms with Gasteiger partial charge in [0.2, 0.25) is 10.0 Å². The van der Waals surface area contributed by atoms with Gasteiger partial charge in [-0.05, 0) is 0 Å². The first-order valence-corrected chi connectivity index (χ1v) is 5.21. The third kappa shape index (κ3) is 2.18. The van der Waals surface area contributed by atoms with Crippen molar-refractivity contribution in [2.75, 3.05) is 12.3 Å². The largest absolute Gasteiger partial charge is 0.271 e. The molecule has 64 valence electrons. The molecule has 0 saturated heterocycles. The van der Waals surface area contributed by atoms with Gasteiger partial charge in [-0.1, -0.05) is 13.8 Å². The second-order valence-electron chi connectivity index (χ2n) is 2.84. The van der Waals surface area contributed by atoms with E-state index >= 15 is 0 Å². The highest BCUT2D eigenvalue weighted by Gasteiger charge is 2.18. The second kappa shape index (κ2) is 2.81. The van der Waals surface area contributed by atoms with E-state index in [4.69, 9.17) is 0 Å². The fraction of sp³-hybridized carbons (Fsp3) is 0.833. The summed E-state index contributed by atoms with van der Waals surface area (Å²) in [5, 5.41) is 0. The second-order valence-corrected chi connectivity index (χ2v) is 4.68. The van der Waals surface area contributed by atoms with Gasteiger partial charge in [0.15, 0.2) is 0 Å². The summed E-state index contributed by atoms with van der Waals surface area (Å²) in [6.45, 7) is 4.21. The minimum Gasteiger partial charge on any atom is -0.271 e. The summed E-state index contributed by atoms with van der Waals surface area (Å²) in [7, 11) is -3.06. The topological polar surface area (TPSA) is 58.5 Å². The van der Waals surface area contributed by atoms with E-state index < -0.39 is 10.0 Å². The lowest BCUT2D eigenvalue weighted by molar-refractivity contribution is 0.587. The summed E-state index contributed by atoms with van der Waals surface area (Å²) >= 11 is 0. The van der Waals surface area contributed by atoms with Crippen LogP contribution in [0.1, 0.15) is 13.8 Å². The van der Waals surface area contributed by atoms with Crippen molar-refractivity contribution in [1.82, 2.24) is 4.72 Å². The van der Waals surface area contributed by atoms with Crippen LogP contribution in [0.5, 0.6) is 0 Å². The number of aliphatic imine (C=N–C) groups is 1.